The maximum Gasteiger partial charge on any atom is 0.414 e. The van der Waals surface area contributed by atoms with Gasteiger partial charge in [-0.2, -0.15) is 0 Å². The number of hydrogen-bond donors (Lipinski definition) is 0. The van der Waals surface area contributed by atoms with Gasteiger partial charge < -0.3 is 4.74 Å². The number of carbonyl (C=O) groups excluding carboxylic acids is 1. The van der Waals surface area contributed by atoms with Gasteiger partial charge in [0.2, 0.25) is 0 Å². The van der Waals surface area contributed by atoms with Crippen LogP contribution >= 0.6 is 15.9 Å². The first kappa shape index (κ1) is 15.0. The molecule has 116 valence electrons. The summed E-state index contributed by atoms with van der Waals surface area (Å²) in [6, 6.07) is 4.70. The lowest BCUT2D eigenvalue weighted by molar-refractivity contribution is 0.129. The van der Waals surface area contributed by atoms with Gasteiger partial charge in [0.05, 0.1) is 24.5 Å². The lowest BCUT2D eigenvalue weighted by Crippen LogP contribution is -2.26. The quantitative estimate of drug-likeness (QED) is 0.778. The van der Waals surface area contributed by atoms with Crippen LogP contribution in [0.1, 0.15) is 11.3 Å². The molecule has 1 atom stereocenters. The number of aromatic nitrogens is 3. The standard InChI is InChI=1S/C14H14BrFN4O2/c1-9-2-3-11(4-13(9)16)20-8-12(22-14(20)21)7-19-6-10(5-15)17-18-19/h2-4,6,12H,5,7-8H2,1H3. The lowest BCUT2D eigenvalue weighted by atomic mass is 10.2. The van der Waals surface area contributed by atoms with Crippen LogP contribution in [0.3, 0.4) is 0 Å². The van der Waals surface area contributed by atoms with Gasteiger partial charge in [-0.25, -0.2) is 13.9 Å². The molecule has 22 heavy (non-hydrogen) atoms. The van der Waals surface area contributed by atoms with Crippen LogP contribution in [0.5, 0.6) is 0 Å². The Hall–Kier alpha value is -1.96. The van der Waals surface area contributed by atoms with Crippen LogP contribution in [0.4, 0.5) is 14.9 Å². The molecule has 0 spiro atoms. The van der Waals surface area contributed by atoms with E-state index in [0.29, 0.717) is 29.7 Å². The number of amides is 1. The molecule has 6 nitrogen and oxygen atoms in total. The van der Waals surface area contributed by atoms with Crippen molar-refractivity contribution in [1.29, 1.82) is 0 Å². The van der Waals surface area contributed by atoms with E-state index in [1.165, 1.54) is 11.0 Å². The number of aryl methyl sites for hydroxylation is 1. The van der Waals surface area contributed by atoms with Crippen LogP contribution in [0, 0.1) is 12.7 Å². The molecule has 0 bridgehead atoms. The summed E-state index contributed by atoms with van der Waals surface area (Å²) in [4.78, 5) is 13.4. The molecule has 3 rings (SSSR count). The summed E-state index contributed by atoms with van der Waals surface area (Å²) in [5, 5.41) is 8.54. The molecule has 0 saturated carbocycles. The Kier molecular flexibility index (Phi) is 4.10. The van der Waals surface area contributed by atoms with Gasteiger partial charge in [-0.1, -0.05) is 27.2 Å². The van der Waals surface area contributed by atoms with Crippen molar-refractivity contribution < 1.29 is 13.9 Å². The molecule has 1 aliphatic heterocycles. The number of halogens is 2. The predicted octanol–water partition coefficient (Wildman–Crippen LogP) is 2.65. The first-order chi connectivity index (χ1) is 10.6. The van der Waals surface area contributed by atoms with E-state index in [1.54, 1.807) is 29.9 Å². The Balaban J connectivity index is 1.71. The first-order valence-electron chi connectivity index (χ1n) is 6.76. The molecule has 0 radical (unpaired) electrons. The van der Waals surface area contributed by atoms with Crippen molar-refractivity contribution in [3.63, 3.8) is 0 Å². The van der Waals surface area contributed by atoms with Crippen LogP contribution in [-0.2, 0) is 16.6 Å². The fourth-order valence-corrected chi connectivity index (χ4v) is 2.53. The highest BCUT2D eigenvalue weighted by molar-refractivity contribution is 9.08. The van der Waals surface area contributed by atoms with E-state index in [9.17, 15) is 9.18 Å². The number of ether oxygens (including phenoxy) is 1. The summed E-state index contributed by atoms with van der Waals surface area (Å²) in [6.45, 7) is 2.44. The van der Waals surface area contributed by atoms with Crippen LogP contribution < -0.4 is 4.90 Å². The Morgan fingerprint density at radius 3 is 3.00 bits per heavy atom. The van der Waals surface area contributed by atoms with Crippen molar-refractivity contribution >= 4 is 27.7 Å². The number of rotatable bonds is 4. The molecule has 1 aromatic carbocycles. The number of alkyl halides is 1. The van der Waals surface area contributed by atoms with Gasteiger partial charge in [-0.15, -0.1) is 5.10 Å². The molecule has 2 aromatic rings. The summed E-state index contributed by atoms with van der Waals surface area (Å²) in [5.74, 6) is -0.341. The molecule has 0 N–H and O–H groups in total. The number of cyclic esters (lactones) is 1. The maximum atomic E-state index is 13.6. The van der Waals surface area contributed by atoms with E-state index in [2.05, 4.69) is 26.2 Å². The second kappa shape index (κ2) is 6.04. The van der Waals surface area contributed by atoms with Crippen LogP contribution in [0.2, 0.25) is 0 Å². The van der Waals surface area contributed by atoms with Gasteiger partial charge in [0.15, 0.2) is 0 Å². The molecule has 0 aliphatic carbocycles. The van der Waals surface area contributed by atoms with E-state index < -0.39 is 6.09 Å². The van der Waals surface area contributed by atoms with Crippen LogP contribution in [-0.4, -0.2) is 33.7 Å². The van der Waals surface area contributed by atoms with Gasteiger partial charge in [0.1, 0.15) is 11.9 Å². The second-order valence-electron chi connectivity index (χ2n) is 5.12. The van der Waals surface area contributed by atoms with E-state index >= 15 is 0 Å². The molecule has 2 heterocycles. The summed E-state index contributed by atoms with van der Waals surface area (Å²) >= 11 is 3.30. The Labute approximate surface area is 135 Å². The fourth-order valence-electron chi connectivity index (χ4n) is 2.27. The maximum absolute atomic E-state index is 13.6. The highest BCUT2D eigenvalue weighted by atomic mass is 79.9. The molecule has 1 amide bonds. The zero-order valence-electron chi connectivity index (χ0n) is 11.9. The minimum absolute atomic E-state index is 0.341. The molecule has 1 saturated heterocycles. The third-order valence-electron chi connectivity index (χ3n) is 3.45. The summed E-state index contributed by atoms with van der Waals surface area (Å²) in [6.07, 6.45) is 0.965. The molecular formula is C14H14BrFN4O2. The van der Waals surface area contributed by atoms with E-state index in [1.807, 2.05) is 0 Å². The largest absolute Gasteiger partial charge is 0.442 e. The smallest absolute Gasteiger partial charge is 0.414 e. The molecule has 1 aromatic heterocycles. The molecule has 1 aliphatic rings. The number of benzene rings is 1. The number of hydrogen-bond acceptors (Lipinski definition) is 4. The average molecular weight is 369 g/mol. The number of nitrogens with zero attached hydrogens (tertiary/aromatic N) is 4. The second-order valence-corrected chi connectivity index (χ2v) is 5.68. The minimum atomic E-state index is -0.478. The van der Waals surface area contributed by atoms with Crippen molar-refractivity contribution in [3.8, 4) is 0 Å². The highest BCUT2D eigenvalue weighted by Gasteiger charge is 2.33. The molecular weight excluding hydrogens is 355 g/mol. The topological polar surface area (TPSA) is 60.3 Å². The van der Waals surface area contributed by atoms with E-state index in [-0.39, 0.29) is 11.9 Å². The normalized spacial score (nSPS) is 17.9. The molecule has 8 heteroatoms. The van der Waals surface area contributed by atoms with Crippen molar-refractivity contribution in [2.24, 2.45) is 0 Å². The predicted molar refractivity (Wildman–Crippen MR) is 81.4 cm³/mol. The molecule has 1 fully saturated rings. The third kappa shape index (κ3) is 2.96. The SMILES string of the molecule is Cc1ccc(N2CC(Cn3cc(CBr)nn3)OC2=O)cc1F. The number of carbonyl (C=O) groups is 1. The van der Waals surface area contributed by atoms with Crippen LogP contribution in [0.15, 0.2) is 24.4 Å². The van der Waals surface area contributed by atoms with E-state index in [4.69, 9.17) is 4.74 Å². The highest BCUT2D eigenvalue weighted by Crippen LogP contribution is 2.24. The summed E-state index contributed by atoms with van der Waals surface area (Å²) in [5.41, 5.74) is 1.84. The Morgan fingerprint density at radius 2 is 2.32 bits per heavy atom. The number of anilines is 1. The van der Waals surface area contributed by atoms with Crippen molar-refractivity contribution in [2.75, 3.05) is 11.4 Å². The molecule has 1 unspecified atom stereocenters. The van der Waals surface area contributed by atoms with Gasteiger partial charge in [0.25, 0.3) is 0 Å². The Morgan fingerprint density at radius 1 is 1.50 bits per heavy atom. The van der Waals surface area contributed by atoms with Gasteiger partial charge >= 0.3 is 6.09 Å². The van der Waals surface area contributed by atoms with Crippen LogP contribution in [0.25, 0.3) is 0 Å². The van der Waals surface area contributed by atoms with Gasteiger partial charge in [-0.05, 0) is 24.6 Å². The first-order valence-corrected chi connectivity index (χ1v) is 7.88. The average Bonchev–Trinajstić information content (AvgIpc) is 3.09. The van der Waals surface area contributed by atoms with Gasteiger partial charge in [0, 0.05) is 11.5 Å². The fraction of sp³-hybridized carbons (Fsp3) is 0.357. The van der Waals surface area contributed by atoms with E-state index in [0.717, 1.165) is 5.69 Å². The van der Waals surface area contributed by atoms with Crippen molar-refractivity contribution in [2.45, 2.75) is 24.9 Å². The van der Waals surface area contributed by atoms with Crippen molar-refractivity contribution in [3.05, 3.63) is 41.5 Å². The monoisotopic (exact) mass is 368 g/mol. The zero-order chi connectivity index (χ0) is 15.7. The van der Waals surface area contributed by atoms with Gasteiger partial charge in [-0.3, -0.25) is 4.90 Å². The summed E-state index contributed by atoms with van der Waals surface area (Å²) in [7, 11) is 0. The minimum Gasteiger partial charge on any atom is -0.442 e. The third-order valence-corrected chi connectivity index (χ3v) is 4.03. The lowest BCUT2D eigenvalue weighted by Gasteiger charge is -2.13. The van der Waals surface area contributed by atoms with Crippen molar-refractivity contribution in [1.82, 2.24) is 15.0 Å². The zero-order valence-corrected chi connectivity index (χ0v) is 13.5. The Bertz CT molecular complexity index is 706. The summed E-state index contributed by atoms with van der Waals surface area (Å²) < 4.78 is 20.6.